The monoisotopic (exact) mass is 311 g/mol. The van der Waals surface area contributed by atoms with Crippen LogP contribution in [-0.2, 0) is 11.3 Å². The van der Waals surface area contributed by atoms with Gasteiger partial charge in [-0.2, -0.15) is 0 Å². The summed E-state index contributed by atoms with van der Waals surface area (Å²) in [5, 5.41) is 8.75. The quantitative estimate of drug-likeness (QED) is 0.418. The minimum atomic E-state index is 0.603. The molecule has 0 unspecified atom stereocenters. The van der Waals surface area contributed by atoms with Crippen LogP contribution in [0.5, 0.6) is 0 Å². The van der Waals surface area contributed by atoms with Gasteiger partial charge in [0.2, 0.25) is 0 Å². The summed E-state index contributed by atoms with van der Waals surface area (Å²) in [6, 6.07) is 2.14. The van der Waals surface area contributed by atoms with Crippen molar-refractivity contribution in [1.29, 1.82) is 0 Å². The molecular formula is C16H29N3OS. The normalized spacial score (nSPS) is 12.0. The fraction of sp³-hybridized carbons (Fsp3) is 0.688. The van der Waals surface area contributed by atoms with E-state index in [-0.39, 0.29) is 0 Å². The summed E-state index contributed by atoms with van der Waals surface area (Å²) in [7, 11) is 0. The van der Waals surface area contributed by atoms with Crippen molar-refractivity contribution in [2.24, 2.45) is 10.9 Å². The predicted octanol–water partition coefficient (Wildman–Crippen LogP) is 3.17. The summed E-state index contributed by atoms with van der Waals surface area (Å²) in [6.07, 6.45) is 0.995. The van der Waals surface area contributed by atoms with Crippen LogP contribution in [0.4, 0.5) is 0 Å². The molecule has 0 aliphatic rings. The first-order chi connectivity index (χ1) is 10.1. The van der Waals surface area contributed by atoms with Gasteiger partial charge in [0.25, 0.3) is 0 Å². The van der Waals surface area contributed by atoms with Gasteiger partial charge in [-0.15, -0.1) is 11.3 Å². The minimum Gasteiger partial charge on any atom is -0.381 e. The van der Waals surface area contributed by atoms with Crippen LogP contribution in [0, 0.1) is 12.8 Å². The highest BCUT2D eigenvalue weighted by molar-refractivity contribution is 7.10. The Morgan fingerprint density at radius 1 is 1.38 bits per heavy atom. The highest BCUT2D eigenvalue weighted by Crippen LogP contribution is 2.16. The van der Waals surface area contributed by atoms with Gasteiger partial charge in [-0.1, -0.05) is 13.8 Å². The van der Waals surface area contributed by atoms with Crippen LogP contribution in [0.15, 0.2) is 16.4 Å². The van der Waals surface area contributed by atoms with Crippen molar-refractivity contribution >= 4 is 17.3 Å². The summed E-state index contributed by atoms with van der Waals surface area (Å²) in [4.78, 5) is 5.95. The maximum Gasteiger partial charge on any atom is 0.191 e. The average Bonchev–Trinajstić information content (AvgIpc) is 2.85. The lowest BCUT2D eigenvalue weighted by molar-refractivity contribution is 0.108. The molecule has 1 heterocycles. The van der Waals surface area contributed by atoms with Crippen LogP contribution >= 0.6 is 11.3 Å². The topological polar surface area (TPSA) is 45.7 Å². The molecule has 1 aromatic rings. The molecule has 0 atom stereocenters. The molecule has 0 spiro atoms. The van der Waals surface area contributed by atoms with Crippen LogP contribution in [0.2, 0.25) is 0 Å². The Balaban J connectivity index is 2.27. The minimum absolute atomic E-state index is 0.603. The van der Waals surface area contributed by atoms with Crippen molar-refractivity contribution in [3.8, 4) is 0 Å². The van der Waals surface area contributed by atoms with Gasteiger partial charge < -0.3 is 15.4 Å². The Kier molecular flexibility index (Phi) is 9.10. The first-order valence-electron chi connectivity index (χ1n) is 7.76. The van der Waals surface area contributed by atoms with Gasteiger partial charge in [0.05, 0.1) is 6.54 Å². The number of aryl methyl sites for hydroxylation is 1. The largest absolute Gasteiger partial charge is 0.381 e. The molecule has 4 nitrogen and oxygen atoms in total. The molecule has 1 aromatic heterocycles. The molecule has 0 amide bonds. The first kappa shape index (κ1) is 18.0. The lowest BCUT2D eigenvalue weighted by atomic mass is 10.2. The molecule has 1 rings (SSSR count). The second-order valence-electron chi connectivity index (χ2n) is 5.47. The van der Waals surface area contributed by atoms with E-state index in [0.29, 0.717) is 5.92 Å². The second-order valence-corrected chi connectivity index (χ2v) is 6.47. The highest BCUT2D eigenvalue weighted by Gasteiger charge is 2.01. The van der Waals surface area contributed by atoms with Gasteiger partial charge in [-0.25, -0.2) is 4.99 Å². The van der Waals surface area contributed by atoms with E-state index in [0.717, 1.165) is 45.2 Å². The zero-order chi connectivity index (χ0) is 15.5. The molecule has 0 aliphatic heterocycles. The molecule has 21 heavy (non-hydrogen) atoms. The molecule has 0 saturated heterocycles. The van der Waals surface area contributed by atoms with Crippen molar-refractivity contribution in [2.45, 2.75) is 40.7 Å². The van der Waals surface area contributed by atoms with Gasteiger partial charge in [0.15, 0.2) is 5.96 Å². The van der Waals surface area contributed by atoms with E-state index < -0.39 is 0 Å². The number of guanidine groups is 1. The summed E-state index contributed by atoms with van der Waals surface area (Å²) in [5.41, 5.74) is 1.32. The van der Waals surface area contributed by atoms with Crippen molar-refractivity contribution in [1.82, 2.24) is 10.6 Å². The molecule has 0 aliphatic carbocycles. The highest BCUT2D eigenvalue weighted by atomic mass is 32.1. The number of nitrogens with one attached hydrogen (secondary N) is 2. The summed E-state index contributed by atoms with van der Waals surface area (Å²) in [5.74, 6) is 1.49. The number of rotatable bonds is 9. The average molecular weight is 311 g/mol. The standard InChI is InChI=1S/C16H29N3OS/c1-5-17-16(18-8-6-9-20-12-13(2)3)19-11-15-14(4)7-10-21-15/h7,10,13H,5-6,8-9,11-12H2,1-4H3,(H2,17,18,19). The third-order valence-electron chi connectivity index (χ3n) is 2.90. The molecule has 120 valence electrons. The van der Waals surface area contributed by atoms with Gasteiger partial charge in [0.1, 0.15) is 0 Å². The summed E-state index contributed by atoms with van der Waals surface area (Å²) < 4.78 is 5.57. The zero-order valence-electron chi connectivity index (χ0n) is 13.7. The Bertz CT molecular complexity index is 415. The maximum atomic E-state index is 5.57. The van der Waals surface area contributed by atoms with Gasteiger partial charge in [0, 0.05) is 31.2 Å². The van der Waals surface area contributed by atoms with E-state index in [2.05, 4.69) is 54.8 Å². The van der Waals surface area contributed by atoms with Gasteiger partial charge >= 0.3 is 0 Å². The number of aliphatic imine (C=N–C) groups is 1. The summed E-state index contributed by atoms with van der Waals surface area (Å²) >= 11 is 1.76. The molecule has 0 fully saturated rings. The SMILES string of the molecule is CCNC(=NCc1sccc1C)NCCCOCC(C)C. The van der Waals surface area contributed by atoms with Crippen molar-refractivity contribution in [2.75, 3.05) is 26.3 Å². The fourth-order valence-electron chi connectivity index (χ4n) is 1.76. The van der Waals surface area contributed by atoms with Gasteiger partial charge in [-0.3, -0.25) is 0 Å². The molecule has 0 saturated carbocycles. The third-order valence-corrected chi connectivity index (χ3v) is 3.91. The number of hydrogen-bond acceptors (Lipinski definition) is 3. The Labute approximate surface area is 133 Å². The third kappa shape index (κ3) is 8.07. The Hall–Kier alpha value is -1.07. The maximum absolute atomic E-state index is 5.57. The van der Waals surface area contributed by atoms with E-state index in [1.54, 1.807) is 11.3 Å². The van der Waals surface area contributed by atoms with Crippen molar-refractivity contribution in [3.05, 3.63) is 21.9 Å². The zero-order valence-corrected chi connectivity index (χ0v) is 14.6. The smallest absolute Gasteiger partial charge is 0.191 e. The predicted molar refractivity (Wildman–Crippen MR) is 92.1 cm³/mol. The molecule has 2 N–H and O–H groups in total. The molecule has 0 bridgehead atoms. The summed E-state index contributed by atoms with van der Waals surface area (Å²) in [6.45, 7) is 12.7. The van der Waals surface area contributed by atoms with Crippen LogP contribution in [0.25, 0.3) is 0 Å². The molecule has 0 aromatic carbocycles. The second kappa shape index (κ2) is 10.6. The number of hydrogen-bond donors (Lipinski definition) is 2. The lowest BCUT2D eigenvalue weighted by Gasteiger charge is -2.11. The van der Waals surface area contributed by atoms with E-state index in [1.165, 1.54) is 10.4 Å². The van der Waals surface area contributed by atoms with E-state index >= 15 is 0 Å². The van der Waals surface area contributed by atoms with E-state index in [1.807, 2.05) is 0 Å². The molecule has 5 heteroatoms. The Morgan fingerprint density at radius 3 is 2.81 bits per heavy atom. The van der Waals surface area contributed by atoms with Crippen LogP contribution < -0.4 is 10.6 Å². The van der Waals surface area contributed by atoms with Gasteiger partial charge in [-0.05, 0) is 43.2 Å². The van der Waals surface area contributed by atoms with Crippen LogP contribution in [-0.4, -0.2) is 32.3 Å². The number of thiophene rings is 1. The molecule has 0 radical (unpaired) electrons. The number of ether oxygens (including phenoxy) is 1. The van der Waals surface area contributed by atoms with Crippen molar-refractivity contribution in [3.63, 3.8) is 0 Å². The van der Waals surface area contributed by atoms with E-state index in [9.17, 15) is 0 Å². The fourth-order valence-corrected chi connectivity index (χ4v) is 2.59. The van der Waals surface area contributed by atoms with Crippen LogP contribution in [0.1, 0.15) is 37.6 Å². The Morgan fingerprint density at radius 2 is 2.19 bits per heavy atom. The lowest BCUT2D eigenvalue weighted by Crippen LogP contribution is -2.38. The molecular weight excluding hydrogens is 282 g/mol. The first-order valence-corrected chi connectivity index (χ1v) is 8.64. The van der Waals surface area contributed by atoms with E-state index in [4.69, 9.17) is 4.74 Å². The number of nitrogens with zero attached hydrogens (tertiary/aromatic N) is 1. The van der Waals surface area contributed by atoms with Crippen LogP contribution in [0.3, 0.4) is 0 Å². The van der Waals surface area contributed by atoms with Crippen molar-refractivity contribution < 1.29 is 4.74 Å².